The van der Waals surface area contributed by atoms with E-state index in [-0.39, 0.29) is 19.0 Å². The van der Waals surface area contributed by atoms with Crippen LogP contribution in [0, 0.1) is 0 Å². The molecule has 0 saturated carbocycles. The third kappa shape index (κ3) is 2.95. The Morgan fingerprint density at radius 3 is 2.50 bits per heavy atom. The first-order valence-electron chi connectivity index (χ1n) is 7.39. The summed E-state index contributed by atoms with van der Waals surface area (Å²) in [5.41, 5.74) is 1.24. The fourth-order valence-corrected chi connectivity index (χ4v) is 3.70. The van der Waals surface area contributed by atoms with Crippen molar-refractivity contribution in [3.05, 3.63) is 34.3 Å². The van der Waals surface area contributed by atoms with Crippen molar-refractivity contribution in [3.63, 3.8) is 0 Å². The number of aromatic nitrogens is 1. The van der Waals surface area contributed by atoms with Crippen LogP contribution in [0.4, 0.5) is 0 Å². The van der Waals surface area contributed by atoms with Crippen LogP contribution in [0.15, 0.2) is 27.4 Å². The van der Waals surface area contributed by atoms with Gasteiger partial charge in [0.25, 0.3) is 16.1 Å². The predicted octanol–water partition coefficient (Wildman–Crippen LogP) is -0.315. The number of H-pyrrole nitrogens is 1. The normalized spacial score (nSPS) is 16.9. The Bertz CT molecular complexity index is 922. The molecule has 24 heavy (non-hydrogen) atoms. The van der Waals surface area contributed by atoms with E-state index in [4.69, 9.17) is 4.42 Å². The maximum atomic E-state index is 12.6. The number of rotatable bonds is 3. The molecule has 1 aliphatic heterocycles. The van der Waals surface area contributed by atoms with Gasteiger partial charge >= 0.3 is 5.76 Å². The van der Waals surface area contributed by atoms with Crippen LogP contribution in [0.3, 0.4) is 0 Å². The molecule has 2 aromatic rings. The van der Waals surface area contributed by atoms with Crippen LogP contribution in [0.1, 0.15) is 10.4 Å². The summed E-state index contributed by atoms with van der Waals surface area (Å²) >= 11 is 0. The first-order valence-corrected chi connectivity index (χ1v) is 8.78. The summed E-state index contributed by atoms with van der Waals surface area (Å²) < 4.78 is 31.6. The number of amides is 1. The van der Waals surface area contributed by atoms with Crippen LogP contribution < -0.4 is 5.76 Å². The number of hydrogen-bond acceptors (Lipinski definition) is 5. The number of oxazole rings is 1. The lowest BCUT2D eigenvalue weighted by Gasteiger charge is -2.35. The van der Waals surface area contributed by atoms with E-state index in [9.17, 15) is 18.0 Å². The summed E-state index contributed by atoms with van der Waals surface area (Å²) in [4.78, 5) is 27.8. The van der Waals surface area contributed by atoms with Gasteiger partial charge in [0.1, 0.15) is 0 Å². The highest BCUT2D eigenvalue weighted by Crippen LogP contribution is 2.16. The van der Waals surface area contributed by atoms with Gasteiger partial charge in [-0.25, -0.2) is 4.79 Å². The molecule has 3 rings (SSSR count). The average molecular weight is 354 g/mol. The number of benzene rings is 1. The summed E-state index contributed by atoms with van der Waals surface area (Å²) in [6, 6.07) is 4.73. The molecule has 0 aliphatic carbocycles. The van der Waals surface area contributed by atoms with E-state index in [1.54, 1.807) is 17.0 Å². The molecular formula is C14H18N4O5S. The first-order chi connectivity index (χ1) is 11.3. The number of aromatic amines is 1. The van der Waals surface area contributed by atoms with Crippen molar-refractivity contribution in [1.82, 2.24) is 18.5 Å². The Morgan fingerprint density at radius 1 is 1.21 bits per heavy atom. The van der Waals surface area contributed by atoms with E-state index in [1.165, 1.54) is 24.5 Å². The van der Waals surface area contributed by atoms with E-state index in [0.29, 0.717) is 29.8 Å². The third-order valence-electron chi connectivity index (χ3n) is 3.98. The molecular weight excluding hydrogens is 336 g/mol. The van der Waals surface area contributed by atoms with Crippen LogP contribution in [0.5, 0.6) is 0 Å². The second-order valence-corrected chi connectivity index (χ2v) is 7.85. The molecule has 130 valence electrons. The maximum absolute atomic E-state index is 12.6. The lowest BCUT2D eigenvalue weighted by molar-refractivity contribution is 0.0695. The van der Waals surface area contributed by atoms with Crippen molar-refractivity contribution in [2.75, 3.05) is 40.3 Å². The smallest absolute Gasteiger partial charge is 0.408 e. The van der Waals surface area contributed by atoms with Crippen molar-refractivity contribution >= 4 is 27.2 Å². The number of nitrogens with one attached hydrogen (secondary N) is 1. The monoisotopic (exact) mass is 354 g/mol. The third-order valence-corrected chi connectivity index (χ3v) is 5.92. The summed E-state index contributed by atoms with van der Waals surface area (Å²) in [6.07, 6.45) is 0. The van der Waals surface area contributed by atoms with Crippen LogP contribution in [-0.2, 0) is 10.2 Å². The molecule has 0 spiro atoms. The zero-order valence-corrected chi connectivity index (χ0v) is 14.2. The highest BCUT2D eigenvalue weighted by Gasteiger charge is 2.30. The van der Waals surface area contributed by atoms with Gasteiger partial charge in [-0.1, -0.05) is 0 Å². The Kier molecular flexibility index (Phi) is 4.20. The Balaban J connectivity index is 1.73. The van der Waals surface area contributed by atoms with Gasteiger partial charge in [-0.2, -0.15) is 17.0 Å². The molecule has 0 atom stereocenters. The zero-order chi connectivity index (χ0) is 17.5. The Morgan fingerprint density at radius 2 is 1.88 bits per heavy atom. The number of carbonyl (C=O) groups is 1. The SMILES string of the molecule is CN(C)S(=O)(=O)N1CCN(C(=O)c2ccc3[nH]c(=O)oc3c2)CC1. The van der Waals surface area contributed by atoms with E-state index >= 15 is 0 Å². The molecule has 9 nitrogen and oxygen atoms in total. The summed E-state index contributed by atoms with van der Waals surface area (Å²) in [5.74, 6) is -0.792. The van der Waals surface area contributed by atoms with E-state index in [1.807, 2.05) is 0 Å². The van der Waals surface area contributed by atoms with Crippen molar-refractivity contribution in [3.8, 4) is 0 Å². The standard InChI is InChI=1S/C14H18N4O5S/c1-16(2)24(21,22)18-7-5-17(6-8-18)13(19)10-3-4-11-12(9-10)23-14(20)15-11/h3-4,9H,5-8H2,1-2H3,(H,15,20). The lowest BCUT2D eigenvalue weighted by atomic mass is 10.1. The predicted molar refractivity (Wildman–Crippen MR) is 86.9 cm³/mol. The second kappa shape index (κ2) is 6.04. The van der Waals surface area contributed by atoms with Crippen molar-refractivity contribution in [1.29, 1.82) is 0 Å². The van der Waals surface area contributed by atoms with Crippen LogP contribution in [0.25, 0.3) is 11.1 Å². The number of carbonyl (C=O) groups excluding carboxylic acids is 1. The van der Waals surface area contributed by atoms with Crippen LogP contribution in [-0.4, -0.2) is 73.1 Å². The van der Waals surface area contributed by atoms with Crippen LogP contribution >= 0.6 is 0 Å². The maximum Gasteiger partial charge on any atom is 0.417 e. The minimum atomic E-state index is -3.46. The highest BCUT2D eigenvalue weighted by atomic mass is 32.2. The summed E-state index contributed by atoms with van der Waals surface area (Å²) in [7, 11) is -0.507. The number of hydrogen-bond donors (Lipinski definition) is 1. The first kappa shape index (κ1) is 16.7. The summed E-state index contributed by atoms with van der Waals surface area (Å²) in [6.45, 7) is 1.10. The zero-order valence-electron chi connectivity index (χ0n) is 13.4. The van der Waals surface area contributed by atoms with Gasteiger partial charge in [-0.05, 0) is 18.2 Å². The van der Waals surface area contributed by atoms with Crippen molar-refractivity contribution in [2.24, 2.45) is 0 Å². The van der Waals surface area contributed by atoms with Gasteiger partial charge in [0, 0.05) is 45.8 Å². The lowest BCUT2D eigenvalue weighted by Crippen LogP contribution is -2.53. The van der Waals surface area contributed by atoms with Crippen molar-refractivity contribution in [2.45, 2.75) is 0 Å². The van der Waals surface area contributed by atoms with E-state index in [0.717, 1.165) is 4.31 Å². The Labute approximate surface area is 138 Å². The largest absolute Gasteiger partial charge is 0.417 e. The molecule has 1 saturated heterocycles. The average Bonchev–Trinajstić information content (AvgIpc) is 2.93. The molecule has 1 aliphatic rings. The minimum absolute atomic E-state index is 0.220. The minimum Gasteiger partial charge on any atom is -0.408 e. The molecule has 2 heterocycles. The molecule has 0 radical (unpaired) electrons. The highest BCUT2D eigenvalue weighted by molar-refractivity contribution is 7.86. The molecule has 0 bridgehead atoms. The Hall–Kier alpha value is -2.17. The molecule has 1 aromatic heterocycles. The van der Waals surface area contributed by atoms with Gasteiger partial charge in [0.05, 0.1) is 5.52 Å². The number of nitrogens with zero attached hydrogens (tertiary/aromatic N) is 3. The molecule has 10 heteroatoms. The van der Waals surface area contributed by atoms with Gasteiger partial charge in [-0.15, -0.1) is 0 Å². The number of fused-ring (bicyclic) bond motifs is 1. The molecule has 1 N–H and O–H groups in total. The molecule has 0 unspecified atom stereocenters. The molecule has 1 aromatic carbocycles. The van der Waals surface area contributed by atoms with Gasteiger partial charge in [0.15, 0.2) is 5.58 Å². The van der Waals surface area contributed by atoms with Gasteiger partial charge in [-0.3, -0.25) is 9.78 Å². The molecule has 1 fully saturated rings. The second-order valence-electron chi connectivity index (χ2n) is 5.71. The van der Waals surface area contributed by atoms with E-state index < -0.39 is 16.0 Å². The molecule has 1 amide bonds. The topological polar surface area (TPSA) is 107 Å². The summed E-state index contributed by atoms with van der Waals surface area (Å²) in [5, 5.41) is 0. The number of piperazine rings is 1. The van der Waals surface area contributed by atoms with Gasteiger partial charge in [0.2, 0.25) is 0 Å². The fourth-order valence-electron chi connectivity index (χ4n) is 2.61. The fraction of sp³-hybridized carbons (Fsp3) is 0.429. The van der Waals surface area contributed by atoms with E-state index in [2.05, 4.69) is 4.98 Å². The van der Waals surface area contributed by atoms with Crippen LogP contribution in [0.2, 0.25) is 0 Å². The van der Waals surface area contributed by atoms with Gasteiger partial charge < -0.3 is 9.32 Å². The van der Waals surface area contributed by atoms with Crippen molar-refractivity contribution < 1.29 is 17.6 Å². The quantitative estimate of drug-likeness (QED) is 0.813.